The maximum atomic E-state index is 11.6. The highest BCUT2D eigenvalue weighted by atomic mass is 16.1. The molecule has 0 bridgehead atoms. The van der Waals surface area contributed by atoms with E-state index in [1.54, 1.807) is 0 Å². The molecule has 2 rings (SSSR count). The van der Waals surface area contributed by atoms with E-state index in [4.69, 9.17) is 0 Å². The monoisotopic (exact) mass is 260 g/mol. The van der Waals surface area contributed by atoms with Gasteiger partial charge >= 0.3 is 0 Å². The van der Waals surface area contributed by atoms with Crippen molar-refractivity contribution in [2.75, 3.05) is 11.9 Å². The quantitative estimate of drug-likeness (QED) is 0.872. The van der Waals surface area contributed by atoms with Gasteiger partial charge in [0, 0.05) is 18.2 Å². The highest BCUT2D eigenvalue weighted by Gasteiger charge is 2.18. The number of carbonyl (C=O) groups is 1. The van der Waals surface area contributed by atoms with E-state index >= 15 is 0 Å². The van der Waals surface area contributed by atoms with E-state index in [1.165, 1.54) is 11.1 Å². The van der Waals surface area contributed by atoms with Crippen molar-refractivity contribution in [2.24, 2.45) is 5.92 Å². The average Bonchev–Trinajstić information content (AvgIpc) is 2.55. The predicted octanol–water partition coefficient (Wildman–Crippen LogP) is 3.27. The number of hydrogen-bond donors (Lipinski definition) is 2. The lowest BCUT2D eigenvalue weighted by Crippen LogP contribution is -2.25. The second-order valence-electron chi connectivity index (χ2n) is 5.60. The first-order chi connectivity index (χ1) is 9.11. The van der Waals surface area contributed by atoms with Crippen LogP contribution in [0.4, 0.5) is 5.69 Å². The molecule has 0 spiro atoms. The van der Waals surface area contributed by atoms with Gasteiger partial charge in [-0.15, -0.1) is 0 Å². The van der Waals surface area contributed by atoms with Crippen molar-refractivity contribution in [3.8, 4) is 0 Å². The topological polar surface area (TPSA) is 41.1 Å². The van der Waals surface area contributed by atoms with Crippen molar-refractivity contribution in [2.45, 2.75) is 46.1 Å². The normalized spacial score (nSPS) is 16.7. The fourth-order valence-electron chi connectivity index (χ4n) is 2.75. The van der Waals surface area contributed by atoms with Crippen LogP contribution in [-0.2, 0) is 11.2 Å². The number of carbonyl (C=O) groups excluding carboxylic acids is 1. The van der Waals surface area contributed by atoms with Gasteiger partial charge in [0.2, 0.25) is 5.91 Å². The highest BCUT2D eigenvalue weighted by molar-refractivity contribution is 5.92. The van der Waals surface area contributed by atoms with Crippen molar-refractivity contribution in [1.82, 2.24) is 5.32 Å². The maximum Gasteiger partial charge on any atom is 0.224 e. The molecule has 3 heteroatoms. The molecule has 0 aromatic heterocycles. The Balaban J connectivity index is 2.29. The molecule has 1 heterocycles. The van der Waals surface area contributed by atoms with Gasteiger partial charge in [0.25, 0.3) is 0 Å². The molecule has 3 nitrogen and oxygen atoms in total. The van der Waals surface area contributed by atoms with Crippen LogP contribution in [0.1, 0.15) is 50.8 Å². The van der Waals surface area contributed by atoms with Crippen LogP contribution in [0.5, 0.6) is 0 Å². The van der Waals surface area contributed by atoms with Crippen LogP contribution in [-0.4, -0.2) is 12.5 Å². The molecule has 1 atom stereocenters. The summed E-state index contributed by atoms with van der Waals surface area (Å²) in [7, 11) is 0. The first kappa shape index (κ1) is 14.1. The SMILES string of the molecule is CCNC(c1ccc2c(c1)CCCC(=O)N2)C(C)C. The zero-order valence-electron chi connectivity index (χ0n) is 12.1. The van der Waals surface area contributed by atoms with Crippen LogP contribution in [0, 0.1) is 5.92 Å². The summed E-state index contributed by atoms with van der Waals surface area (Å²) in [5, 5.41) is 6.53. The number of fused-ring (bicyclic) bond motifs is 1. The van der Waals surface area contributed by atoms with Crippen LogP contribution in [0.25, 0.3) is 0 Å². The lowest BCUT2D eigenvalue weighted by molar-refractivity contribution is -0.116. The summed E-state index contributed by atoms with van der Waals surface area (Å²) < 4.78 is 0. The number of rotatable bonds is 4. The standard InChI is InChI=1S/C16H24N2O/c1-4-17-16(11(2)3)13-8-9-14-12(10-13)6-5-7-15(19)18-14/h8-11,16-17H,4-7H2,1-3H3,(H,18,19). The summed E-state index contributed by atoms with van der Waals surface area (Å²) in [6, 6.07) is 6.83. The van der Waals surface area contributed by atoms with Gasteiger partial charge in [-0.3, -0.25) is 4.79 Å². The van der Waals surface area contributed by atoms with E-state index in [0.29, 0.717) is 18.4 Å². The molecule has 1 amide bonds. The summed E-state index contributed by atoms with van der Waals surface area (Å²) in [5.74, 6) is 0.692. The molecule has 0 saturated carbocycles. The molecule has 19 heavy (non-hydrogen) atoms. The van der Waals surface area contributed by atoms with E-state index < -0.39 is 0 Å². The summed E-state index contributed by atoms with van der Waals surface area (Å²) in [6.45, 7) is 7.58. The Hall–Kier alpha value is -1.35. The lowest BCUT2D eigenvalue weighted by atomic mass is 9.93. The van der Waals surface area contributed by atoms with Crippen LogP contribution in [0.2, 0.25) is 0 Å². The minimum Gasteiger partial charge on any atom is -0.326 e. The Morgan fingerprint density at radius 2 is 2.11 bits per heavy atom. The van der Waals surface area contributed by atoms with Crippen LogP contribution in [0.3, 0.4) is 0 Å². The molecule has 0 radical (unpaired) electrons. The van der Waals surface area contributed by atoms with Crippen molar-refractivity contribution >= 4 is 11.6 Å². The number of aryl methyl sites for hydroxylation is 1. The van der Waals surface area contributed by atoms with Gasteiger partial charge in [-0.05, 0) is 42.5 Å². The van der Waals surface area contributed by atoms with E-state index in [-0.39, 0.29) is 5.91 Å². The first-order valence-electron chi connectivity index (χ1n) is 7.28. The third kappa shape index (κ3) is 3.35. The summed E-state index contributed by atoms with van der Waals surface area (Å²) in [4.78, 5) is 11.6. The third-order valence-corrected chi connectivity index (χ3v) is 3.70. The van der Waals surface area contributed by atoms with Gasteiger partial charge in [0.1, 0.15) is 0 Å². The Kier molecular flexibility index (Phi) is 4.59. The minimum atomic E-state index is 0.138. The summed E-state index contributed by atoms with van der Waals surface area (Å²) in [6.07, 6.45) is 2.56. The fraction of sp³-hybridized carbons (Fsp3) is 0.562. The van der Waals surface area contributed by atoms with E-state index in [1.807, 2.05) is 0 Å². The fourth-order valence-corrected chi connectivity index (χ4v) is 2.75. The van der Waals surface area contributed by atoms with Crippen LogP contribution < -0.4 is 10.6 Å². The Morgan fingerprint density at radius 1 is 1.32 bits per heavy atom. The second kappa shape index (κ2) is 6.20. The zero-order chi connectivity index (χ0) is 13.8. The molecule has 0 aliphatic carbocycles. The second-order valence-corrected chi connectivity index (χ2v) is 5.60. The lowest BCUT2D eigenvalue weighted by Gasteiger charge is -2.23. The predicted molar refractivity (Wildman–Crippen MR) is 79.3 cm³/mol. The first-order valence-corrected chi connectivity index (χ1v) is 7.28. The number of benzene rings is 1. The summed E-state index contributed by atoms with van der Waals surface area (Å²) in [5.41, 5.74) is 3.59. The zero-order valence-corrected chi connectivity index (χ0v) is 12.1. The summed E-state index contributed by atoms with van der Waals surface area (Å²) >= 11 is 0. The smallest absolute Gasteiger partial charge is 0.224 e. The van der Waals surface area contributed by atoms with Crippen LogP contribution in [0.15, 0.2) is 18.2 Å². The average molecular weight is 260 g/mol. The van der Waals surface area contributed by atoms with Crippen molar-refractivity contribution in [1.29, 1.82) is 0 Å². The number of amides is 1. The van der Waals surface area contributed by atoms with Gasteiger partial charge in [-0.1, -0.05) is 32.9 Å². The van der Waals surface area contributed by atoms with Crippen LogP contribution >= 0.6 is 0 Å². The molecule has 1 aliphatic heterocycles. The van der Waals surface area contributed by atoms with E-state index in [0.717, 1.165) is 25.1 Å². The molecule has 0 saturated heterocycles. The molecule has 1 unspecified atom stereocenters. The van der Waals surface area contributed by atoms with E-state index in [9.17, 15) is 4.79 Å². The number of anilines is 1. The third-order valence-electron chi connectivity index (χ3n) is 3.70. The molecule has 2 N–H and O–H groups in total. The van der Waals surface area contributed by atoms with Gasteiger partial charge in [-0.2, -0.15) is 0 Å². The van der Waals surface area contributed by atoms with Gasteiger partial charge in [-0.25, -0.2) is 0 Å². The van der Waals surface area contributed by atoms with Crippen molar-refractivity contribution in [3.05, 3.63) is 29.3 Å². The Labute approximate surface area is 115 Å². The van der Waals surface area contributed by atoms with E-state index in [2.05, 4.69) is 49.6 Å². The molecular weight excluding hydrogens is 236 g/mol. The largest absolute Gasteiger partial charge is 0.326 e. The number of hydrogen-bond acceptors (Lipinski definition) is 2. The Bertz CT molecular complexity index is 454. The van der Waals surface area contributed by atoms with Crippen molar-refractivity contribution in [3.63, 3.8) is 0 Å². The minimum absolute atomic E-state index is 0.138. The highest BCUT2D eigenvalue weighted by Crippen LogP contribution is 2.28. The van der Waals surface area contributed by atoms with Gasteiger partial charge < -0.3 is 10.6 Å². The maximum absolute atomic E-state index is 11.6. The molecule has 0 fully saturated rings. The molecule has 104 valence electrons. The van der Waals surface area contributed by atoms with Gasteiger partial charge in [0.05, 0.1) is 0 Å². The molecule has 1 aliphatic rings. The molecule has 1 aromatic carbocycles. The van der Waals surface area contributed by atoms with Crippen molar-refractivity contribution < 1.29 is 4.79 Å². The molecule has 1 aromatic rings. The number of nitrogens with one attached hydrogen (secondary N) is 2. The Morgan fingerprint density at radius 3 is 2.79 bits per heavy atom. The molecular formula is C16H24N2O. The van der Waals surface area contributed by atoms with Gasteiger partial charge in [0.15, 0.2) is 0 Å².